The van der Waals surface area contributed by atoms with E-state index in [2.05, 4.69) is 43.0 Å². The first-order valence-corrected chi connectivity index (χ1v) is 10.9. The molecule has 0 bridgehead atoms. The largest absolute Gasteiger partial charge is 0.360 e. The minimum atomic E-state index is 0.0238. The van der Waals surface area contributed by atoms with Crippen LogP contribution in [-0.2, 0) is 19.4 Å². The molecule has 0 N–H and O–H groups in total. The molecule has 5 nitrogen and oxygen atoms in total. The van der Waals surface area contributed by atoms with Gasteiger partial charge in [-0.15, -0.1) is 0 Å². The van der Waals surface area contributed by atoms with Crippen molar-refractivity contribution in [3.63, 3.8) is 0 Å². The van der Waals surface area contributed by atoms with Crippen molar-refractivity contribution in [2.75, 3.05) is 26.2 Å². The Hall–Kier alpha value is -1.85. The maximum atomic E-state index is 13.2. The predicted molar refractivity (Wildman–Crippen MR) is 114 cm³/mol. The Balaban J connectivity index is 1.38. The van der Waals surface area contributed by atoms with E-state index < -0.39 is 0 Å². The topological polar surface area (TPSA) is 49.6 Å². The fourth-order valence-electron chi connectivity index (χ4n) is 4.42. The van der Waals surface area contributed by atoms with E-state index in [0.29, 0.717) is 11.6 Å². The van der Waals surface area contributed by atoms with E-state index >= 15 is 0 Å². The quantitative estimate of drug-likeness (QED) is 0.743. The van der Waals surface area contributed by atoms with E-state index in [1.165, 1.54) is 5.56 Å². The number of carbonyl (C=O) groups excluding carboxylic acids is 1. The first kappa shape index (κ1) is 20.4. The maximum absolute atomic E-state index is 13.2. The van der Waals surface area contributed by atoms with Gasteiger partial charge >= 0.3 is 0 Å². The summed E-state index contributed by atoms with van der Waals surface area (Å²) in [6.07, 6.45) is 2.87. The second-order valence-electron chi connectivity index (χ2n) is 9.43. The van der Waals surface area contributed by atoms with Crippen LogP contribution in [0.25, 0.3) is 0 Å². The molecule has 156 valence electrons. The van der Waals surface area contributed by atoms with Gasteiger partial charge in [0.2, 0.25) is 0 Å². The van der Waals surface area contributed by atoms with E-state index in [0.717, 1.165) is 68.3 Å². The molecule has 1 aliphatic heterocycles. The van der Waals surface area contributed by atoms with E-state index in [9.17, 15) is 4.79 Å². The van der Waals surface area contributed by atoms with Crippen molar-refractivity contribution in [1.29, 1.82) is 0 Å². The molecule has 2 aromatic rings. The summed E-state index contributed by atoms with van der Waals surface area (Å²) in [6.45, 7) is 10.9. The van der Waals surface area contributed by atoms with Crippen molar-refractivity contribution in [1.82, 2.24) is 15.0 Å². The number of carbonyl (C=O) groups is 1. The number of rotatable bonds is 3. The Bertz CT molecular complexity index is 861. The lowest BCUT2D eigenvalue weighted by atomic mass is 9.71. The highest BCUT2D eigenvalue weighted by molar-refractivity contribution is 6.30. The van der Waals surface area contributed by atoms with Crippen LogP contribution in [0.3, 0.4) is 0 Å². The van der Waals surface area contributed by atoms with Crippen LogP contribution in [-0.4, -0.2) is 47.0 Å². The molecule has 1 aromatic heterocycles. The number of piperazine rings is 1. The maximum Gasteiger partial charge on any atom is 0.276 e. The van der Waals surface area contributed by atoms with E-state index in [1.54, 1.807) is 0 Å². The van der Waals surface area contributed by atoms with Gasteiger partial charge in [-0.2, -0.15) is 0 Å². The summed E-state index contributed by atoms with van der Waals surface area (Å²) in [5.74, 6) is 1.49. The number of nitrogens with zero attached hydrogens (tertiary/aromatic N) is 3. The van der Waals surface area contributed by atoms with Gasteiger partial charge in [-0.05, 0) is 41.9 Å². The van der Waals surface area contributed by atoms with Gasteiger partial charge in [-0.25, -0.2) is 0 Å². The number of aromatic nitrogens is 1. The van der Waals surface area contributed by atoms with Gasteiger partial charge in [-0.3, -0.25) is 9.69 Å². The smallest absolute Gasteiger partial charge is 0.276 e. The molecule has 1 aliphatic carbocycles. The van der Waals surface area contributed by atoms with E-state index in [4.69, 9.17) is 16.1 Å². The molecule has 2 heterocycles. The highest BCUT2D eigenvalue weighted by Crippen LogP contribution is 2.38. The monoisotopic (exact) mass is 415 g/mol. The fraction of sp³-hybridized carbons (Fsp3) is 0.565. The second-order valence-corrected chi connectivity index (χ2v) is 9.87. The van der Waals surface area contributed by atoms with Gasteiger partial charge in [-0.1, -0.05) is 49.7 Å². The summed E-state index contributed by atoms with van der Waals surface area (Å²) in [7, 11) is 0. The van der Waals surface area contributed by atoms with Gasteiger partial charge in [0, 0.05) is 49.7 Å². The molecule has 1 aromatic carbocycles. The zero-order valence-corrected chi connectivity index (χ0v) is 18.3. The van der Waals surface area contributed by atoms with Gasteiger partial charge in [0.25, 0.3) is 5.91 Å². The SMILES string of the molecule is CC(C)(C)C1CCc2onc(C(=O)N3CCN(Cc4ccc(Cl)cc4)CC3)c2C1. The zero-order chi connectivity index (χ0) is 20.6. The molecule has 0 saturated carbocycles. The van der Waals surface area contributed by atoms with Crippen LogP contribution in [0.15, 0.2) is 28.8 Å². The highest BCUT2D eigenvalue weighted by Gasteiger charge is 2.35. The third-order valence-electron chi connectivity index (χ3n) is 6.45. The summed E-state index contributed by atoms with van der Waals surface area (Å²) in [5, 5.41) is 4.95. The van der Waals surface area contributed by atoms with E-state index in [-0.39, 0.29) is 11.3 Å². The minimum Gasteiger partial charge on any atom is -0.360 e. The molecule has 6 heteroatoms. The van der Waals surface area contributed by atoms with Crippen molar-refractivity contribution in [2.45, 2.75) is 46.6 Å². The van der Waals surface area contributed by atoms with Gasteiger partial charge in [0.1, 0.15) is 5.76 Å². The highest BCUT2D eigenvalue weighted by atomic mass is 35.5. The molecule has 1 amide bonds. The second kappa shape index (κ2) is 8.11. The number of hydrogen-bond donors (Lipinski definition) is 0. The average Bonchev–Trinajstić information content (AvgIpc) is 3.12. The summed E-state index contributed by atoms with van der Waals surface area (Å²) in [6, 6.07) is 7.98. The molecule has 1 saturated heterocycles. The number of halogens is 1. The third-order valence-corrected chi connectivity index (χ3v) is 6.70. The molecular weight excluding hydrogens is 386 g/mol. The molecule has 1 unspecified atom stereocenters. The zero-order valence-electron chi connectivity index (χ0n) is 17.6. The van der Waals surface area contributed by atoms with Crippen LogP contribution in [0.5, 0.6) is 0 Å². The van der Waals surface area contributed by atoms with Crippen LogP contribution >= 0.6 is 11.6 Å². The third kappa shape index (κ3) is 4.51. The Morgan fingerprint density at radius 2 is 1.86 bits per heavy atom. The molecule has 1 fully saturated rings. The normalized spacial score (nSPS) is 20.6. The standard InChI is InChI=1S/C23H30ClN3O2/c1-23(2,3)17-6-9-20-19(14-17)21(25-29-20)22(28)27-12-10-26(11-13-27)15-16-4-7-18(24)8-5-16/h4-5,7-8,17H,6,9-15H2,1-3H3. The predicted octanol–water partition coefficient (Wildman–Crippen LogP) is 4.44. The Labute approximate surface area is 178 Å². The van der Waals surface area contributed by atoms with Crippen LogP contribution in [0.1, 0.15) is 54.6 Å². The molecule has 2 aliphatic rings. The Morgan fingerprint density at radius 1 is 1.17 bits per heavy atom. The van der Waals surface area contributed by atoms with Crippen LogP contribution in [0.2, 0.25) is 5.02 Å². The van der Waals surface area contributed by atoms with Crippen LogP contribution in [0.4, 0.5) is 0 Å². The Morgan fingerprint density at radius 3 is 2.52 bits per heavy atom. The number of aryl methyl sites for hydroxylation is 1. The van der Waals surface area contributed by atoms with Gasteiger partial charge in [0.05, 0.1) is 0 Å². The molecule has 0 radical (unpaired) electrons. The molecule has 29 heavy (non-hydrogen) atoms. The van der Waals surface area contributed by atoms with Gasteiger partial charge in [0.15, 0.2) is 5.69 Å². The summed E-state index contributed by atoms with van der Waals surface area (Å²) in [4.78, 5) is 17.5. The molecular formula is C23H30ClN3O2. The lowest BCUT2D eigenvalue weighted by Gasteiger charge is -2.35. The first-order valence-electron chi connectivity index (χ1n) is 10.5. The van der Waals surface area contributed by atoms with Crippen LogP contribution < -0.4 is 0 Å². The van der Waals surface area contributed by atoms with Crippen molar-refractivity contribution in [3.8, 4) is 0 Å². The molecule has 4 rings (SSSR count). The van der Waals surface area contributed by atoms with Gasteiger partial charge < -0.3 is 9.42 Å². The number of benzene rings is 1. The van der Waals surface area contributed by atoms with Crippen molar-refractivity contribution in [3.05, 3.63) is 51.9 Å². The van der Waals surface area contributed by atoms with Crippen molar-refractivity contribution in [2.24, 2.45) is 11.3 Å². The Kier molecular flexibility index (Phi) is 5.71. The minimum absolute atomic E-state index is 0.0238. The number of amides is 1. The first-order chi connectivity index (χ1) is 13.8. The number of fused-ring (bicyclic) bond motifs is 1. The van der Waals surface area contributed by atoms with Crippen molar-refractivity contribution >= 4 is 17.5 Å². The molecule has 0 spiro atoms. The fourth-order valence-corrected chi connectivity index (χ4v) is 4.54. The molecule has 1 atom stereocenters. The van der Waals surface area contributed by atoms with Crippen molar-refractivity contribution < 1.29 is 9.32 Å². The average molecular weight is 416 g/mol. The number of hydrogen-bond acceptors (Lipinski definition) is 4. The summed E-state index contributed by atoms with van der Waals surface area (Å²) < 4.78 is 5.55. The lowest BCUT2D eigenvalue weighted by molar-refractivity contribution is 0.0617. The summed E-state index contributed by atoms with van der Waals surface area (Å²) in [5.41, 5.74) is 3.06. The summed E-state index contributed by atoms with van der Waals surface area (Å²) >= 11 is 5.97. The van der Waals surface area contributed by atoms with Crippen LogP contribution in [0, 0.1) is 11.3 Å². The van der Waals surface area contributed by atoms with E-state index in [1.807, 2.05) is 17.0 Å². The lowest BCUT2D eigenvalue weighted by Crippen LogP contribution is -2.48.